The lowest BCUT2D eigenvalue weighted by Crippen LogP contribution is -2.50. The molecule has 0 aliphatic rings. The number of urea groups is 1. The fourth-order valence-electron chi connectivity index (χ4n) is 1.69. The zero-order chi connectivity index (χ0) is 14.8. The van der Waals surface area contributed by atoms with Crippen LogP contribution in [0.2, 0.25) is 0 Å². The van der Waals surface area contributed by atoms with Gasteiger partial charge in [-0.2, -0.15) is 5.26 Å². The highest BCUT2D eigenvalue weighted by Gasteiger charge is 2.22. The van der Waals surface area contributed by atoms with Crippen LogP contribution < -0.4 is 10.6 Å². The van der Waals surface area contributed by atoms with Crippen LogP contribution in [0, 0.1) is 17.2 Å². The molecule has 0 spiro atoms. The molecule has 0 rings (SSSR count). The van der Waals surface area contributed by atoms with Crippen molar-refractivity contribution in [3.05, 3.63) is 0 Å². The van der Waals surface area contributed by atoms with E-state index in [1.54, 1.807) is 13.8 Å². The average molecular weight is 268 g/mol. The summed E-state index contributed by atoms with van der Waals surface area (Å²) in [6.45, 7) is 9.34. The van der Waals surface area contributed by atoms with Gasteiger partial charge in [-0.15, -0.1) is 0 Å². The lowest BCUT2D eigenvalue weighted by Gasteiger charge is -2.28. The molecule has 2 N–H and O–H groups in total. The third kappa shape index (κ3) is 7.42. The van der Waals surface area contributed by atoms with Gasteiger partial charge in [-0.1, -0.05) is 13.8 Å². The number of hydrogen-bond donors (Lipinski definition) is 2. The van der Waals surface area contributed by atoms with Crippen LogP contribution >= 0.6 is 0 Å². The summed E-state index contributed by atoms with van der Waals surface area (Å²) in [5, 5.41) is 13.5. The molecule has 0 aromatic rings. The largest absolute Gasteiger partial charge is 0.338 e. The molecular weight excluding hydrogens is 244 g/mol. The zero-order valence-corrected chi connectivity index (χ0v) is 12.2. The minimum atomic E-state index is -0.482. The standard InChI is InChI=1S/C13H24N4O2/c1-5-15-13(19)16-12(18)11(4)17(8-6-7-14)9-10(2)3/h10-11H,5-6,8-9H2,1-4H3,(H2,15,16,18,19). The summed E-state index contributed by atoms with van der Waals surface area (Å²) in [7, 11) is 0. The van der Waals surface area contributed by atoms with E-state index >= 15 is 0 Å². The molecule has 0 bridgehead atoms. The van der Waals surface area contributed by atoms with Crippen LogP contribution in [0.15, 0.2) is 0 Å². The average Bonchev–Trinajstić information content (AvgIpc) is 2.33. The van der Waals surface area contributed by atoms with Crippen molar-refractivity contribution in [2.24, 2.45) is 5.92 Å². The summed E-state index contributed by atoms with van der Waals surface area (Å²) in [5.41, 5.74) is 0. The summed E-state index contributed by atoms with van der Waals surface area (Å²) in [5.74, 6) is 0.0444. The van der Waals surface area contributed by atoms with E-state index in [1.165, 1.54) is 0 Å². The topological polar surface area (TPSA) is 85.2 Å². The monoisotopic (exact) mass is 268 g/mol. The first-order chi connectivity index (χ1) is 8.92. The highest BCUT2D eigenvalue weighted by atomic mass is 16.2. The Morgan fingerprint density at radius 3 is 2.42 bits per heavy atom. The number of amides is 3. The molecule has 0 radical (unpaired) electrons. The SMILES string of the molecule is CCNC(=O)NC(=O)C(C)N(CCC#N)CC(C)C. The summed E-state index contributed by atoms with van der Waals surface area (Å²) >= 11 is 0. The summed E-state index contributed by atoms with van der Waals surface area (Å²) in [6.07, 6.45) is 0.367. The van der Waals surface area contributed by atoms with E-state index in [9.17, 15) is 9.59 Å². The van der Waals surface area contributed by atoms with Gasteiger partial charge in [0.05, 0.1) is 12.1 Å². The van der Waals surface area contributed by atoms with Gasteiger partial charge in [0.1, 0.15) is 0 Å². The van der Waals surface area contributed by atoms with Gasteiger partial charge in [0.2, 0.25) is 5.91 Å². The lowest BCUT2D eigenvalue weighted by atomic mass is 10.1. The zero-order valence-electron chi connectivity index (χ0n) is 12.2. The Kier molecular flexibility index (Phi) is 8.55. The number of rotatable bonds is 7. The van der Waals surface area contributed by atoms with Gasteiger partial charge in [0.25, 0.3) is 0 Å². The van der Waals surface area contributed by atoms with Gasteiger partial charge < -0.3 is 5.32 Å². The highest BCUT2D eigenvalue weighted by molar-refractivity contribution is 5.96. The van der Waals surface area contributed by atoms with Gasteiger partial charge >= 0.3 is 6.03 Å². The van der Waals surface area contributed by atoms with Gasteiger partial charge in [0, 0.05) is 26.1 Å². The number of nitrogens with one attached hydrogen (secondary N) is 2. The molecule has 0 aromatic carbocycles. The Labute approximate surface area is 115 Å². The molecule has 0 heterocycles. The van der Waals surface area contributed by atoms with Crippen molar-refractivity contribution in [2.75, 3.05) is 19.6 Å². The third-order valence-corrected chi connectivity index (χ3v) is 2.61. The molecule has 0 saturated carbocycles. The van der Waals surface area contributed by atoms with E-state index in [0.29, 0.717) is 32.0 Å². The predicted octanol–water partition coefficient (Wildman–Crippen LogP) is 1.09. The van der Waals surface area contributed by atoms with E-state index in [0.717, 1.165) is 0 Å². The summed E-state index contributed by atoms with van der Waals surface area (Å²) in [6, 6.07) is 1.16. The Bertz CT molecular complexity index is 336. The van der Waals surface area contributed by atoms with Gasteiger partial charge in [-0.05, 0) is 19.8 Å². The lowest BCUT2D eigenvalue weighted by molar-refractivity contribution is -0.124. The normalized spacial score (nSPS) is 12.1. The molecule has 6 heteroatoms. The summed E-state index contributed by atoms with van der Waals surface area (Å²) < 4.78 is 0. The second-order valence-corrected chi connectivity index (χ2v) is 4.82. The van der Waals surface area contributed by atoms with Crippen molar-refractivity contribution in [2.45, 2.75) is 40.2 Å². The van der Waals surface area contributed by atoms with Gasteiger partial charge in [-0.25, -0.2) is 4.79 Å². The molecule has 0 saturated heterocycles. The minimum absolute atomic E-state index is 0.343. The molecular formula is C13H24N4O2. The molecule has 3 amide bonds. The van der Waals surface area contributed by atoms with Crippen molar-refractivity contribution < 1.29 is 9.59 Å². The van der Waals surface area contributed by atoms with Crippen molar-refractivity contribution in [3.8, 4) is 6.07 Å². The highest BCUT2D eigenvalue weighted by Crippen LogP contribution is 2.05. The molecule has 6 nitrogen and oxygen atoms in total. The van der Waals surface area contributed by atoms with Crippen LogP contribution in [-0.2, 0) is 4.79 Å². The molecule has 0 aliphatic heterocycles. The maximum Gasteiger partial charge on any atom is 0.321 e. The number of carbonyl (C=O) groups excluding carboxylic acids is 2. The first-order valence-electron chi connectivity index (χ1n) is 6.62. The van der Waals surface area contributed by atoms with Crippen molar-refractivity contribution in [1.29, 1.82) is 5.26 Å². The van der Waals surface area contributed by atoms with Crippen LogP contribution in [0.3, 0.4) is 0 Å². The Morgan fingerprint density at radius 1 is 1.32 bits per heavy atom. The summed E-state index contributed by atoms with van der Waals surface area (Å²) in [4.78, 5) is 25.1. The molecule has 0 aliphatic carbocycles. The van der Waals surface area contributed by atoms with Crippen LogP contribution in [0.4, 0.5) is 4.79 Å². The van der Waals surface area contributed by atoms with Gasteiger partial charge in [-0.3, -0.25) is 15.0 Å². The first kappa shape index (κ1) is 17.4. The molecule has 1 atom stereocenters. The maximum absolute atomic E-state index is 11.9. The predicted molar refractivity (Wildman–Crippen MR) is 73.3 cm³/mol. The van der Waals surface area contributed by atoms with Gasteiger partial charge in [0.15, 0.2) is 0 Å². The smallest absolute Gasteiger partial charge is 0.321 e. The van der Waals surface area contributed by atoms with E-state index in [2.05, 4.69) is 16.7 Å². The number of hydrogen-bond acceptors (Lipinski definition) is 4. The van der Waals surface area contributed by atoms with E-state index < -0.39 is 12.1 Å². The molecule has 1 unspecified atom stereocenters. The molecule has 19 heavy (non-hydrogen) atoms. The number of nitriles is 1. The van der Waals surface area contributed by atoms with Crippen LogP contribution in [0.5, 0.6) is 0 Å². The van der Waals surface area contributed by atoms with E-state index in [4.69, 9.17) is 5.26 Å². The molecule has 0 fully saturated rings. The number of imide groups is 1. The Hall–Kier alpha value is -1.61. The van der Waals surface area contributed by atoms with E-state index in [1.807, 2.05) is 18.7 Å². The quantitative estimate of drug-likeness (QED) is 0.724. The third-order valence-electron chi connectivity index (χ3n) is 2.61. The van der Waals surface area contributed by atoms with Crippen LogP contribution in [-0.4, -0.2) is 42.5 Å². The second-order valence-electron chi connectivity index (χ2n) is 4.82. The van der Waals surface area contributed by atoms with Crippen LogP contribution in [0.25, 0.3) is 0 Å². The fraction of sp³-hybridized carbons (Fsp3) is 0.769. The molecule has 0 aromatic heterocycles. The number of carbonyl (C=O) groups is 2. The van der Waals surface area contributed by atoms with E-state index in [-0.39, 0.29) is 5.91 Å². The first-order valence-corrected chi connectivity index (χ1v) is 6.62. The number of nitrogens with zero attached hydrogens (tertiary/aromatic N) is 2. The fourth-order valence-corrected chi connectivity index (χ4v) is 1.69. The van der Waals surface area contributed by atoms with Crippen LogP contribution in [0.1, 0.15) is 34.1 Å². The minimum Gasteiger partial charge on any atom is -0.338 e. The molecule has 108 valence electrons. The second kappa shape index (κ2) is 9.34. The Morgan fingerprint density at radius 2 is 1.95 bits per heavy atom. The Balaban J connectivity index is 4.50. The van der Waals surface area contributed by atoms with Crippen molar-refractivity contribution in [3.63, 3.8) is 0 Å². The maximum atomic E-state index is 11.9. The van der Waals surface area contributed by atoms with Crippen molar-refractivity contribution >= 4 is 11.9 Å². The van der Waals surface area contributed by atoms with Crippen molar-refractivity contribution in [1.82, 2.24) is 15.5 Å².